The molecular weight excluding hydrogens is 246 g/mol. The summed E-state index contributed by atoms with van der Waals surface area (Å²) in [6, 6.07) is -0.313. The number of hydrogen-bond acceptors (Lipinski definition) is 4. The summed E-state index contributed by atoms with van der Waals surface area (Å²) in [7, 11) is 0. The van der Waals surface area contributed by atoms with Gasteiger partial charge >= 0.3 is 0 Å². The van der Waals surface area contributed by atoms with Crippen molar-refractivity contribution in [1.82, 2.24) is 5.32 Å². The van der Waals surface area contributed by atoms with Crippen LogP contribution in [0.5, 0.6) is 0 Å². The van der Waals surface area contributed by atoms with E-state index < -0.39 is 16.9 Å². The molecule has 19 heavy (non-hydrogen) atoms. The third-order valence-electron chi connectivity index (χ3n) is 4.12. The highest BCUT2D eigenvalue weighted by Gasteiger charge is 2.62. The van der Waals surface area contributed by atoms with Crippen LogP contribution in [0.25, 0.3) is 0 Å². The second kappa shape index (κ2) is 5.46. The minimum absolute atomic E-state index is 0.0142. The molecule has 2 amide bonds. The van der Waals surface area contributed by atoms with E-state index in [1.54, 1.807) is 6.92 Å². The molecule has 0 aliphatic heterocycles. The summed E-state index contributed by atoms with van der Waals surface area (Å²) >= 11 is 0. The molecular formula is C13H25N3O3. The Bertz CT molecular complexity index is 370. The lowest BCUT2D eigenvalue weighted by Crippen LogP contribution is -2.76. The summed E-state index contributed by atoms with van der Waals surface area (Å²) in [5.74, 6) is -0.693. The van der Waals surface area contributed by atoms with Crippen LogP contribution < -0.4 is 16.8 Å². The average molecular weight is 271 g/mol. The SMILES string of the molecule is CCOC1CC(N)(C(=O)NC(C)CC(N)=O)C1(C)C. The maximum Gasteiger partial charge on any atom is 0.241 e. The summed E-state index contributed by atoms with van der Waals surface area (Å²) < 4.78 is 5.57. The third kappa shape index (κ3) is 2.90. The van der Waals surface area contributed by atoms with Crippen molar-refractivity contribution in [1.29, 1.82) is 0 Å². The lowest BCUT2D eigenvalue weighted by Gasteiger charge is -2.57. The van der Waals surface area contributed by atoms with Gasteiger partial charge in [-0.1, -0.05) is 13.8 Å². The summed E-state index contributed by atoms with van der Waals surface area (Å²) in [5.41, 5.74) is 9.92. The highest BCUT2D eigenvalue weighted by molar-refractivity contribution is 5.89. The molecule has 3 atom stereocenters. The second-order valence-electron chi connectivity index (χ2n) is 5.89. The molecule has 0 radical (unpaired) electrons. The predicted octanol–water partition coefficient (Wildman–Crippen LogP) is -0.101. The normalized spacial score (nSPS) is 30.3. The minimum Gasteiger partial charge on any atom is -0.378 e. The molecule has 110 valence electrons. The highest BCUT2D eigenvalue weighted by Crippen LogP contribution is 2.49. The van der Waals surface area contributed by atoms with Gasteiger partial charge < -0.3 is 21.5 Å². The van der Waals surface area contributed by atoms with Crippen molar-refractivity contribution >= 4 is 11.8 Å². The fourth-order valence-electron chi connectivity index (χ4n) is 2.53. The topological polar surface area (TPSA) is 107 Å². The van der Waals surface area contributed by atoms with Crippen LogP contribution in [0.15, 0.2) is 0 Å². The fraction of sp³-hybridized carbons (Fsp3) is 0.846. The highest BCUT2D eigenvalue weighted by atomic mass is 16.5. The number of carbonyl (C=O) groups excluding carboxylic acids is 2. The second-order valence-corrected chi connectivity index (χ2v) is 5.89. The van der Waals surface area contributed by atoms with E-state index in [1.165, 1.54) is 0 Å². The Hall–Kier alpha value is -1.14. The van der Waals surface area contributed by atoms with Gasteiger partial charge in [0.1, 0.15) is 5.54 Å². The van der Waals surface area contributed by atoms with Gasteiger partial charge in [-0.05, 0) is 13.8 Å². The van der Waals surface area contributed by atoms with Crippen molar-refractivity contribution in [3.63, 3.8) is 0 Å². The molecule has 1 aliphatic carbocycles. The minimum atomic E-state index is -0.960. The first-order chi connectivity index (χ1) is 8.65. The number of nitrogens with one attached hydrogen (secondary N) is 1. The summed E-state index contributed by atoms with van der Waals surface area (Å²) in [6.07, 6.45) is 0.583. The molecule has 1 aliphatic rings. The molecule has 3 unspecified atom stereocenters. The van der Waals surface area contributed by atoms with E-state index in [9.17, 15) is 9.59 Å². The summed E-state index contributed by atoms with van der Waals surface area (Å²) in [4.78, 5) is 23.1. The van der Waals surface area contributed by atoms with Crippen molar-refractivity contribution in [3.8, 4) is 0 Å². The standard InChI is InChI=1S/C13H25N3O3/c1-5-19-9-7-13(15,12(9,3)4)11(18)16-8(2)6-10(14)17/h8-9H,5-7,15H2,1-4H3,(H2,14,17)(H,16,18). The Balaban J connectivity index is 2.65. The number of primary amides is 1. The van der Waals surface area contributed by atoms with E-state index >= 15 is 0 Å². The first-order valence-corrected chi connectivity index (χ1v) is 6.65. The molecule has 6 heteroatoms. The quantitative estimate of drug-likeness (QED) is 0.627. The molecule has 0 saturated heterocycles. The van der Waals surface area contributed by atoms with E-state index in [0.717, 1.165) is 0 Å². The zero-order valence-corrected chi connectivity index (χ0v) is 12.2. The van der Waals surface area contributed by atoms with Crippen LogP contribution in [0.4, 0.5) is 0 Å². The maximum absolute atomic E-state index is 12.3. The first kappa shape index (κ1) is 15.9. The van der Waals surface area contributed by atoms with Gasteiger partial charge in [0.25, 0.3) is 0 Å². The Kier molecular flexibility index (Phi) is 4.58. The van der Waals surface area contributed by atoms with Crippen molar-refractivity contribution in [2.75, 3.05) is 6.61 Å². The predicted molar refractivity (Wildman–Crippen MR) is 72.1 cm³/mol. The largest absolute Gasteiger partial charge is 0.378 e. The van der Waals surface area contributed by atoms with E-state index in [4.69, 9.17) is 16.2 Å². The number of rotatable bonds is 6. The van der Waals surface area contributed by atoms with Crippen LogP contribution in [-0.2, 0) is 14.3 Å². The molecule has 0 bridgehead atoms. The Morgan fingerprint density at radius 2 is 2.05 bits per heavy atom. The molecule has 1 fully saturated rings. The van der Waals surface area contributed by atoms with Crippen LogP contribution >= 0.6 is 0 Å². The third-order valence-corrected chi connectivity index (χ3v) is 4.12. The van der Waals surface area contributed by atoms with E-state index in [2.05, 4.69) is 5.32 Å². The van der Waals surface area contributed by atoms with Gasteiger partial charge in [0.05, 0.1) is 6.10 Å². The average Bonchev–Trinajstić information content (AvgIpc) is 2.27. The van der Waals surface area contributed by atoms with Crippen LogP contribution in [0.1, 0.15) is 40.5 Å². The Morgan fingerprint density at radius 3 is 2.47 bits per heavy atom. The summed E-state index contributed by atoms with van der Waals surface area (Å²) in [6.45, 7) is 8.10. The molecule has 1 saturated carbocycles. The van der Waals surface area contributed by atoms with Crippen molar-refractivity contribution < 1.29 is 14.3 Å². The molecule has 0 aromatic heterocycles. The molecule has 5 N–H and O–H groups in total. The van der Waals surface area contributed by atoms with Crippen LogP contribution in [0.2, 0.25) is 0 Å². The fourth-order valence-corrected chi connectivity index (χ4v) is 2.53. The van der Waals surface area contributed by atoms with Gasteiger partial charge in [-0.15, -0.1) is 0 Å². The zero-order chi connectivity index (χ0) is 14.8. The van der Waals surface area contributed by atoms with Gasteiger partial charge in [-0.2, -0.15) is 0 Å². The number of hydrogen-bond donors (Lipinski definition) is 3. The monoisotopic (exact) mass is 271 g/mol. The van der Waals surface area contributed by atoms with E-state index in [0.29, 0.717) is 13.0 Å². The van der Waals surface area contributed by atoms with Gasteiger partial charge in [0, 0.05) is 30.9 Å². The maximum atomic E-state index is 12.3. The van der Waals surface area contributed by atoms with Gasteiger partial charge in [0.15, 0.2) is 0 Å². The molecule has 0 spiro atoms. The first-order valence-electron chi connectivity index (χ1n) is 6.65. The lowest BCUT2D eigenvalue weighted by molar-refractivity contribution is -0.171. The number of carbonyl (C=O) groups is 2. The molecule has 1 rings (SSSR count). The van der Waals surface area contributed by atoms with Crippen LogP contribution in [0.3, 0.4) is 0 Å². The number of ether oxygens (including phenoxy) is 1. The number of amides is 2. The zero-order valence-electron chi connectivity index (χ0n) is 12.2. The van der Waals surface area contributed by atoms with E-state index in [-0.39, 0.29) is 24.5 Å². The Morgan fingerprint density at radius 1 is 1.47 bits per heavy atom. The van der Waals surface area contributed by atoms with Crippen molar-refractivity contribution in [3.05, 3.63) is 0 Å². The van der Waals surface area contributed by atoms with Gasteiger partial charge in [-0.25, -0.2) is 0 Å². The Labute approximate surface area is 114 Å². The molecule has 0 aromatic rings. The molecule has 6 nitrogen and oxygen atoms in total. The van der Waals surface area contributed by atoms with Gasteiger partial charge in [0.2, 0.25) is 11.8 Å². The van der Waals surface area contributed by atoms with Crippen molar-refractivity contribution in [2.45, 2.75) is 58.2 Å². The number of nitrogens with two attached hydrogens (primary N) is 2. The lowest BCUT2D eigenvalue weighted by atomic mass is 9.54. The smallest absolute Gasteiger partial charge is 0.241 e. The van der Waals surface area contributed by atoms with Crippen molar-refractivity contribution in [2.24, 2.45) is 16.9 Å². The van der Waals surface area contributed by atoms with E-state index in [1.807, 2.05) is 20.8 Å². The summed E-state index contributed by atoms with van der Waals surface area (Å²) in [5, 5.41) is 2.75. The molecule has 0 heterocycles. The van der Waals surface area contributed by atoms with Gasteiger partial charge in [-0.3, -0.25) is 9.59 Å². The van der Waals surface area contributed by atoms with Crippen LogP contribution in [-0.4, -0.2) is 36.1 Å². The molecule has 0 aromatic carbocycles. The van der Waals surface area contributed by atoms with Crippen LogP contribution in [0, 0.1) is 5.41 Å².